The van der Waals surface area contributed by atoms with Crippen molar-refractivity contribution in [1.82, 2.24) is 14.8 Å². The zero-order valence-electron chi connectivity index (χ0n) is 11.7. The fourth-order valence-corrected chi connectivity index (χ4v) is 2.40. The van der Waals surface area contributed by atoms with Crippen LogP contribution in [0, 0.1) is 0 Å². The third kappa shape index (κ3) is 3.07. The summed E-state index contributed by atoms with van der Waals surface area (Å²) < 4.78 is 1.56. The van der Waals surface area contributed by atoms with Crippen LogP contribution in [-0.4, -0.2) is 39.9 Å². The second kappa shape index (κ2) is 5.90. The third-order valence-corrected chi connectivity index (χ3v) is 3.52. The lowest BCUT2D eigenvalue weighted by molar-refractivity contribution is -0.134. The molecule has 6 nitrogen and oxygen atoms in total. The van der Waals surface area contributed by atoms with Gasteiger partial charge in [0.1, 0.15) is 6.04 Å². The highest BCUT2D eigenvalue weighted by Gasteiger charge is 2.30. The van der Waals surface area contributed by atoms with Gasteiger partial charge in [-0.25, -0.2) is 0 Å². The molecular formula is C14H19N3O3. The van der Waals surface area contributed by atoms with E-state index in [1.165, 1.54) is 6.07 Å². The Bertz CT molecular complexity index is 567. The Morgan fingerprint density at radius 2 is 1.95 bits per heavy atom. The molecule has 2 rings (SSSR count). The van der Waals surface area contributed by atoms with Gasteiger partial charge in [-0.1, -0.05) is 6.07 Å². The summed E-state index contributed by atoms with van der Waals surface area (Å²) in [7, 11) is 0. The first-order valence-electron chi connectivity index (χ1n) is 6.74. The maximum Gasteiger partial charge on any atom is 0.250 e. The molecule has 2 unspecified atom stereocenters. The quantitative estimate of drug-likeness (QED) is 0.843. The van der Waals surface area contributed by atoms with Crippen molar-refractivity contribution in [1.29, 1.82) is 0 Å². The topological polar surface area (TPSA) is 71.4 Å². The van der Waals surface area contributed by atoms with E-state index in [4.69, 9.17) is 0 Å². The molecule has 0 spiro atoms. The fourth-order valence-electron chi connectivity index (χ4n) is 2.40. The van der Waals surface area contributed by atoms with Gasteiger partial charge < -0.3 is 14.8 Å². The number of hydrogen-bond acceptors (Lipinski definition) is 3. The number of carbonyl (C=O) groups is 2. The molecule has 2 amide bonds. The second-order valence-electron chi connectivity index (χ2n) is 5.11. The van der Waals surface area contributed by atoms with Gasteiger partial charge in [-0.05, 0) is 19.9 Å². The molecule has 0 aliphatic carbocycles. The highest BCUT2D eigenvalue weighted by molar-refractivity contribution is 5.90. The molecule has 108 valence electrons. The Morgan fingerprint density at radius 1 is 1.20 bits per heavy atom. The van der Waals surface area contributed by atoms with Crippen molar-refractivity contribution in [2.45, 2.75) is 38.9 Å². The zero-order valence-corrected chi connectivity index (χ0v) is 11.7. The molecule has 0 bridgehead atoms. The van der Waals surface area contributed by atoms with Gasteiger partial charge in [0, 0.05) is 37.8 Å². The molecule has 1 aromatic heterocycles. The number of carbonyl (C=O) groups excluding carboxylic acids is 2. The molecule has 1 saturated heterocycles. The van der Waals surface area contributed by atoms with E-state index in [1.54, 1.807) is 34.7 Å². The lowest BCUT2D eigenvalue weighted by Gasteiger charge is -2.28. The third-order valence-electron chi connectivity index (χ3n) is 3.52. The van der Waals surface area contributed by atoms with Gasteiger partial charge in [-0.3, -0.25) is 14.4 Å². The number of rotatable bonds is 3. The molecular weight excluding hydrogens is 258 g/mol. The predicted molar refractivity (Wildman–Crippen MR) is 74.1 cm³/mol. The Hall–Kier alpha value is -2.11. The van der Waals surface area contributed by atoms with E-state index in [-0.39, 0.29) is 23.4 Å². The Morgan fingerprint density at radius 3 is 2.65 bits per heavy atom. The predicted octanol–water partition coefficient (Wildman–Crippen LogP) is -0.0262. The smallest absolute Gasteiger partial charge is 0.250 e. The largest absolute Gasteiger partial charge is 0.345 e. The van der Waals surface area contributed by atoms with Gasteiger partial charge in [0.2, 0.25) is 11.8 Å². The van der Waals surface area contributed by atoms with Gasteiger partial charge >= 0.3 is 0 Å². The first kappa shape index (κ1) is 14.3. The molecule has 1 aromatic rings. The minimum atomic E-state index is -0.514. The molecule has 0 radical (unpaired) electrons. The van der Waals surface area contributed by atoms with E-state index >= 15 is 0 Å². The minimum Gasteiger partial charge on any atom is -0.345 e. The van der Waals surface area contributed by atoms with Crippen LogP contribution in [0.2, 0.25) is 0 Å². The zero-order chi connectivity index (χ0) is 14.7. The van der Waals surface area contributed by atoms with Crippen molar-refractivity contribution in [3.8, 4) is 0 Å². The highest BCUT2D eigenvalue weighted by atomic mass is 16.2. The summed E-state index contributed by atoms with van der Waals surface area (Å²) in [5.41, 5.74) is -0.0929. The van der Waals surface area contributed by atoms with Crippen LogP contribution in [0.4, 0.5) is 0 Å². The van der Waals surface area contributed by atoms with Crippen LogP contribution in [0.25, 0.3) is 0 Å². The fraction of sp³-hybridized carbons (Fsp3) is 0.500. The SMILES string of the molecule is CC1NC(=O)CC(C)N(CCn2ccccc2=O)C1=O. The Kier molecular flexibility index (Phi) is 4.22. The van der Waals surface area contributed by atoms with Crippen LogP contribution in [-0.2, 0) is 16.1 Å². The van der Waals surface area contributed by atoms with Crippen molar-refractivity contribution in [2.24, 2.45) is 0 Å². The maximum absolute atomic E-state index is 12.2. The monoisotopic (exact) mass is 277 g/mol. The molecule has 0 saturated carbocycles. The maximum atomic E-state index is 12.2. The summed E-state index contributed by atoms with van der Waals surface area (Å²) in [5.74, 6) is -0.218. The van der Waals surface area contributed by atoms with Crippen molar-refractivity contribution >= 4 is 11.8 Å². The molecule has 2 atom stereocenters. The van der Waals surface area contributed by atoms with E-state index in [9.17, 15) is 14.4 Å². The number of nitrogens with one attached hydrogen (secondary N) is 1. The molecule has 2 heterocycles. The number of nitrogens with zero attached hydrogens (tertiary/aromatic N) is 2. The lowest BCUT2D eigenvalue weighted by Crippen LogP contribution is -2.46. The lowest BCUT2D eigenvalue weighted by atomic mass is 10.2. The summed E-state index contributed by atoms with van der Waals surface area (Å²) in [6, 6.07) is 4.28. The Labute approximate surface area is 117 Å². The molecule has 1 fully saturated rings. The van der Waals surface area contributed by atoms with E-state index in [1.807, 2.05) is 6.92 Å². The van der Waals surface area contributed by atoms with Gasteiger partial charge in [-0.2, -0.15) is 0 Å². The van der Waals surface area contributed by atoms with Crippen molar-refractivity contribution in [3.05, 3.63) is 34.7 Å². The number of pyridine rings is 1. The minimum absolute atomic E-state index is 0.0929. The molecule has 1 aliphatic heterocycles. The molecule has 0 aromatic carbocycles. The van der Waals surface area contributed by atoms with Crippen LogP contribution in [0.3, 0.4) is 0 Å². The number of amides is 2. The standard InChI is InChI=1S/C14H19N3O3/c1-10-9-12(18)15-11(2)14(20)17(10)8-7-16-6-4-3-5-13(16)19/h3-6,10-11H,7-9H2,1-2H3,(H,15,18). The van der Waals surface area contributed by atoms with Gasteiger partial charge in [0.05, 0.1) is 0 Å². The van der Waals surface area contributed by atoms with E-state index < -0.39 is 6.04 Å². The van der Waals surface area contributed by atoms with Crippen LogP contribution in [0.5, 0.6) is 0 Å². The molecule has 1 aliphatic rings. The van der Waals surface area contributed by atoms with Gasteiger partial charge in [0.25, 0.3) is 5.56 Å². The summed E-state index contributed by atoms with van der Waals surface area (Å²) in [6.45, 7) is 4.38. The molecule has 20 heavy (non-hydrogen) atoms. The highest BCUT2D eigenvalue weighted by Crippen LogP contribution is 2.11. The normalized spacial score (nSPS) is 23.4. The van der Waals surface area contributed by atoms with E-state index in [0.717, 1.165) is 0 Å². The van der Waals surface area contributed by atoms with Gasteiger partial charge in [-0.15, -0.1) is 0 Å². The summed E-state index contributed by atoms with van der Waals surface area (Å²) >= 11 is 0. The average molecular weight is 277 g/mol. The number of hydrogen-bond donors (Lipinski definition) is 1. The van der Waals surface area contributed by atoms with E-state index in [2.05, 4.69) is 5.32 Å². The second-order valence-corrected chi connectivity index (χ2v) is 5.11. The van der Waals surface area contributed by atoms with Crippen molar-refractivity contribution in [2.75, 3.05) is 6.54 Å². The Balaban J connectivity index is 2.10. The van der Waals surface area contributed by atoms with Crippen LogP contribution in [0.1, 0.15) is 20.3 Å². The molecule has 1 N–H and O–H groups in total. The van der Waals surface area contributed by atoms with Crippen molar-refractivity contribution in [3.63, 3.8) is 0 Å². The van der Waals surface area contributed by atoms with E-state index in [0.29, 0.717) is 19.5 Å². The van der Waals surface area contributed by atoms with Crippen LogP contribution in [0.15, 0.2) is 29.2 Å². The van der Waals surface area contributed by atoms with Gasteiger partial charge in [0.15, 0.2) is 0 Å². The van der Waals surface area contributed by atoms with Crippen LogP contribution < -0.4 is 10.9 Å². The summed E-state index contributed by atoms with van der Waals surface area (Å²) in [5, 5.41) is 2.66. The average Bonchev–Trinajstić information content (AvgIpc) is 2.48. The van der Waals surface area contributed by atoms with Crippen molar-refractivity contribution < 1.29 is 9.59 Å². The summed E-state index contributed by atoms with van der Waals surface area (Å²) in [6.07, 6.45) is 1.99. The molecule has 6 heteroatoms. The van der Waals surface area contributed by atoms with Crippen LogP contribution >= 0.6 is 0 Å². The first-order chi connectivity index (χ1) is 9.49. The number of aromatic nitrogens is 1. The first-order valence-corrected chi connectivity index (χ1v) is 6.74. The summed E-state index contributed by atoms with van der Waals surface area (Å²) in [4.78, 5) is 37.1.